The molecule has 2 aromatic carbocycles. The van der Waals surface area contributed by atoms with Gasteiger partial charge in [-0.2, -0.15) is 0 Å². The van der Waals surface area contributed by atoms with Crippen molar-refractivity contribution >= 4 is 29.9 Å². The molecule has 1 aliphatic heterocycles. The molecule has 1 fully saturated rings. The van der Waals surface area contributed by atoms with Crippen molar-refractivity contribution < 1.29 is 0 Å². The van der Waals surface area contributed by atoms with Gasteiger partial charge in [0, 0.05) is 33.2 Å². The topological polar surface area (TPSA) is 39.7 Å². The number of benzene rings is 2. The second-order valence-electron chi connectivity index (χ2n) is 7.48. The van der Waals surface area contributed by atoms with Crippen LogP contribution < -0.4 is 10.6 Å². The summed E-state index contributed by atoms with van der Waals surface area (Å²) < 4.78 is 0. The third-order valence-electron chi connectivity index (χ3n) is 5.29. The van der Waals surface area contributed by atoms with E-state index in [4.69, 9.17) is 0 Å². The van der Waals surface area contributed by atoms with Gasteiger partial charge in [0.25, 0.3) is 0 Å². The Bertz CT molecular complexity index is 715. The monoisotopic (exact) mass is 492 g/mol. The molecule has 152 valence electrons. The lowest BCUT2D eigenvalue weighted by molar-refractivity contribution is 0.328. The predicted octanol–water partition coefficient (Wildman–Crippen LogP) is 3.84. The fourth-order valence-electron chi connectivity index (χ4n) is 3.57. The highest BCUT2D eigenvalue weighted by Gasteiger charge is 2.22. The van der Waals surface area contributed by atoms with Crippen molar-refractivity contribution in [3.8, 4) is 0 Å². The van der Waals surface area contributed by atoms with Crippen molar-refractivity contribution in [1.82, 2.24) is 15.5 Å². The number of nitrogens with zero attached hydrogens (tertiary/aromatic N) is 2. The fourth-order valence-corrected chi connectivity index (χ4v) is 3.57. The van der Waals surface area contributed by atoms with Gasteiger partial charge in [-0.25, -0.2) is 0 Å². The summed E-state index contributed by atoms with van der Waals surface area (Å²) in [7, 11) is 1.84. The first-order valence-electron chi connectivity index (χ1n) is 9.99. The van der Waals surface area contributed by atoms with E-state index in [-0.39, 0.29) is 24.0 Å². The minimum absolute atomic E-state index is 0. The highest BCUT2D eigenvalue weighted by molar-refractivity contribution is 14.0. The van der Waals surface area contributed by atoms with Gasteiger partial charge in [0.2, 0.25) is 0 Å². The molecule has 1 aliphatic rings. The predicted molar refractivity (Wildman–Crippen MR) is 129 cm³/mol. The van der Waals surface area contributed by atoms with Gasteiger partial charge in [-0.05, 0) is 43.4 Å². The number of hydrogen-bond acceptors (Lipinski definition) is 2. The minimum Gasteiger partial charge on any atom is -0.356 e. The maximum absolute atomic E-state index is 4.36. The van der Waals surface area contributed by atoms with E-state index >= 15 is 0 Å². The molecule has 0 spiro atoms. The summed E-state index contributed by atoms with van der Waals surface area (Å²) in [6.45, 7) is 7.43. The van der Waals surface area contributed by atoms with Crippen LogP contribution in [0, 0.1) is 12.8 Å². The molecule has 2 N–H and O–H groups in total. The van der Waals surface area contributed by atoms with E-state index < -0.39 is 0 Å². The van der Waals surface area contributed by atoms with Crippen molar-refractivity contribution in [2.75, 3.05) is 33.2 Å². The van der Waals surface area contributed by atoms with E-state index in [1.807, 2.05) is 7.05 Å². The standard InChI is InChI=1S/C23H32N4.HI/c1-19-8-10-21(11-9-19)16-25-23(24-2)26-17-22-13-15-27(18-22)14-12-20-6-4-3-5-7-20;/h3-11,22H,12-18H2,1-2H3,(H2,24,25,26);1H. The van der Waals surface area contributed by atoms with E-state index in [0.717, 1.165) is 32.0 Å². The molecular formula is C23H33IN4. The Morgan fingerprint density at radius 3 is 2.50 bits per heavy atom. The van der Waals surface area contributed by atoms with Crippen LogP contribution in [0.5, 0.6) is 0 Å². The number of guanidine groups is 1. The molecule has 0 radical (unpaired) electrons. The summed E-state index contributed by atoms with van der Waals surface area (Å²) in [6.07, 6.45) is 2.40. The number of rotatable bonds is 7. The lowest BCUT2D eigenvalue weighted by Gasteiger charge is -2.17. The summed E-state index contributed by atoms with van der Waals surface area (Å²) in [5.74, 6) is 1.58. The SMILES string of the molecule is CN=C(NCc1ccc(C)cc1)NCC1CCN(CCc2ccccc2)C1.I. The quantitative estimate of drug-likeness (QED) is 0.351. The zero-order chi connectivity index (χ0) is 18.9. The van der Waals surface area contributed by atoms with Crippen LogP contribution in [-0.2, 0) is 13.0 Å². The summed E-state index contributed by atoms with van der Waals surface area (Å²) in [5.41, 5.74) is 4.00. The summed E-state index contributed by atoms with van der Waals surface area (Å²) in [5, 5.41) is 6.91. The van der Waals surface area contributed by atoms with Crippen LogP contribution >= 0.6 is 24.0 Å². The smallest absolute Gasteiger partial charge is 0.191 e. The molecule has 1 heterocycles. The molecule has 1 unspecified atom stereocenters. The summed E-state index contributed by atoms with van der Waals surface area (Å²) >= 11 is 0. The highest BCUT2D eigenvalue weighted by atomic mass is 127. The van der Waals surface area contributed by atoms with Crippen molar-refractivity contribution in [3.05, 3.63) is 71.3 Å². The Hall–Kier alpha value is -1.60. The van der Waals surface area contributed by atoms with Crippen LogP contribution in [0.3, 0.4) is 0 Å². The van der Waals surface area contributed by atoms with Crippen LogP contribution in [0.2, 0.25) is 0 Å². The molecule has 1 atom stereocenters. The zero-order valence-electron chi connectivity index (χ0n) is 17.0. The van der Waals surface area contributed by atoms with Gasteiger partial charge >= 0.3 is 0 Å². The lowest BCUT2D eigenvalue weighted by atomic mass is 10.1. The third-order valence-corrected chi connectivity index (χ3v) is 5.29. The van der Waals surface area contributed by atoms with E-state index in [1.165, 1.54) is 36.2 Å². The van der Waals surface area contributed by atoms with Crippen LogP contribution in [-0.4, -0.2) is 44.1 Å². The molecule has 4 nitrogen and oxygen atoms in total. The van der Waals surface area contributed by atoms with Crippen LogP contribution in [0.15, 0.2) is 59.6 Å². The highest BCUT2D eigenvalue weighted by Crippen LogP contribution is 2.16. The zero-order valence-corrected chi connectivity index (χ0v) is 19.4. The lowest BCUT2D eigenvalue weighted by Crippen LogP contribution is -2.40. The van der Waals surface area contributed by atoms with Crippen molar-refractivity contribution in [3.63, 3.8) is 0 Å². The number of halogens is 1. The molecule has 0 amide bonds. The average Bonchev–Trinajstić information content (AvgIpc) is 3.16. The Balaban J connectivity index is 0.00000280. The summed E-state index contributed by atoms with van der Waals surface area (Å²) in [4.78, 5) is 6.94. The van der Waals surface area contributed by atoms with E-state index in [1.54, 1.807) is 0 Å². The molecule has 0 bridgehead atoms. The van der Waals surface area contributed by atoms with Crippen LogP contribution in [0.4, 0.5) is 0 Å². The normalized spacial score (nSPS) is 17.2. The average molecular weight is 492 g/mol. The molecule has 2 aromatic rings. The number of aliphatic imine (C=N–C) groups is 1. The number of likely N-dealkylation sites (tertiary alicyclic amines) is 1. The van der Waals surface area contributed by atoms with E-state index in [2.05, 4.69) is 82.0 Å². The number of hydrogen-bond donors (Lipinski definition) is 2. The Morgan fingerprint density at radius 1 is 1.04 bits per heavy atom. The minimum atomic E-state index is 0. The molecule has 28 heavy (non-hydrogen) atoms. The van der Waals surface area contributed by atoms with E-state index in [0.29, 0.717) is 5.92 Å². The first-order valence-corrected chi connectivity index (χ1v) is 9.99. The maximum atomic E-state index is 4.36. The number of aryl methyl sites for hydroxylation is 1. The van der Waals surface area contributed by atoms with Gasteiger partial charge in [0.15, 0.2) is 5.96 Å². The van der Waals surface area contributed by atoms with Gasteiger partial charge in [-0.1, -0.05) is 60.2 Å². The van der Waals surface area contributed by atoms with Crippen LogP contribution in [0.25, 0.3) is 0 Å². The van der Waals surface area contributed by atoms with Crippen molar-refractivity contribution in [2.24, 2.45) is 10.9 Å². The second-order valence-corrected chi connectivity index (χ2v) is 7.48. The largest absolute Gasteiger partial charge is 0.356 e. The van der Waals surface area contributed by atoms with Gasteiger partial charge in [-0.15, -0.1) is 24.0 Å². The summed E-state index contributed by atoms with van der Waals surface area (Å²) in [6, 6.07) is 19.4. The molecule has 0 aliphatic carbocycles. The molecular weight excluding hydrogens is 459 g/mol. The Kier molecular flexibility index (Phi) is 9.78. The first-order chi connectivity index (χ1) is 13.2. The van der Waals surface area contributed by atoms with E-state index in [9.17, 15) is 0 Å². The van der Waals surface area contributed by atoms with Crippen LogP contribution in [0.1, 0.15) is 23.1 Å². The molecule has 0 saturated carbocycles. The maximum Gasteiger partial charge on any atom is 0.191 e. The van der Waals surface area contributed by atoms with Gasteiger partial charge < -0.3 is 15.5 Å². The van der Waals surface area contributed by atoms with Crippen molar-refractivity contribution in [2.45, 2.75) is 26.3 Å². The molecule has 5 heteroatoms. The van der Waals surface area contributed by atoms with Gasteiger partial charge in [0.1, 0.15) is 0 Å². The Labute approximate surface area is 186 Å². The fraction of sp³-hybridized carbons (Fsp3) is 0.435. The first kappa shape index (κ1) is 22.7. The molecule has 3 rings (SSSR count). The van der Waals surface area contributed by atoms with Gasteiger partial charge in [-0.3, -0.25) is 4.99 Å². The Morgan fingerprint density at radius 2 is 1.79 bits per heavy atom. The third kappa shape index (κ3) is 7.43. The number of nitrogens with one attached hydrogen (secondary N) is 2. The van der Waals surface area contributed by atoms with Crippen molar-refractivity contribution in [1.29, 1.82) is 0 Å². The molecule has 1 saturated heterocycles. The second kappa shape index (κ2) is 12.1. The molecule has 0 aromatic heterocycles. The van der Waals surface area contributed by atoms with Gasteiger partial charge in [0.05, 0.1) is 0 Å².